The second-order valence-electron chi connectivity index (χ2n) is 11.3. The topological polar surface area (TPSA) is 89.7 Å². The van der Waals surface area contributed by atoms with E-state index in [9.17, 15) is 14.3 Å². The summed E-state index contributed by atoms with van der Waals surface area (Å²) in [5.41, 5.74) is 2.94. The summed E-state index contributed by atoms with van der Waals surface area (Å²) in [5.74, 6) is -0.649. The minimum Gasteiger partial charge on any atom is -0.478 e. The van der Waals surface area contributed by atoms with Crippen LogP contribution in [0.4, 0.5) is 8.78 Å². The van der Waals surface area contributed by atoms with E-state index >= 15 is 4.39 Å². The van der Waals surface area contributed by atoms with Crippen LogP contribution in [-0.2, 0) is 17.8 Å². The van der Waals surface area contributed by atoms with Gasteiger partial charge in [0.2, 0.25) is 0 Å². The van der Waals surface area contributed by atoms with Gasteiger partial charge in [0.15, 0.2) is 17.4 Å². The molecule has 2 atom stereocenters. The van der Waals surface area contributed by atoms with Gasteiger partial charge in [0.1, 0.15) is 28.7 Å². The van der Waals surface area contributed by atoms with E-state index in [-0.39, 0.29) is 28.3 Å². The molecule has 2 unspecified atom stereocenters. The van der Waals surface area contributed by atoms with Crippen molar-refractivity contribution >= 4 is 34.8 Å². The second kappa shape index (κ2) is 11.3. The van der Waals surface area contributed by atoms with Crippen molar-refractivity contribution in [2.24, 2.45) is 0 Å². The van der Waals surface area contributed by atoms with Crippen molar-refractivity contribution in [2.45, 2.75) is 50.5 Å². The summed E-state index contributed by atoms with van der Waals surface area (Å²) in [5, 5.41) is 9.70. The normalized spacial score (nSPS) is 20.8. The Morgan fingerprint density at radius 1 is 1.05 bits per heavy atom. The van der Waals surface area contributed by atoms with Crippen molar-refractivity contribution in [1.29, 1.82) is 0 Å². The molecule has 11 heteroatoms. The molecule has 2 aromatic carbocycles. The Labute approximate surface area is 251 Å². The molecule has 0 spiro atoms. The predicted octanol–water partition coefficient (Wildman–Crippen LogP) is 6.53. The van der Waals surface area contributed by atoms with E-state index in [0.29, 0.717) is 35.6 Å². The number of rotatable bonds is 7. The van der Waals surface area contributed by atoms with Crippen LogP contribution in [0.25, 0.3) is 17.2 Å². The maximum atomic E-state index is 15.1. The van der Waals surface area contributed by atoms with Gasteiger partial charge < -0.3 is 19.1 Å². The molecule has 43 heavy (non-hydrogen) atoms. The van der Waals surface area contributed by atoms with E-state index in [4.69, 9.17) is 26.1 Å². The number of ether oxygens (including phenoxy) is 2. The Bertz CT molecular complexity index is 1750. The summed E-state index contributed by atoms with van der Waals surface area (Å²) in [6.45, 7) is 3.48. The van der Waals surface area contributed by atoms with E-state index in [0.717, 1.165) is 50.3 Å². The number of likely N-dealkylation sites (tertiary alicyclic amines) is 1. The maximum absolute atomic E-state index is 15.1. The summed E-state index contributed by atoms with van der Waals surface area (Å²) >= 11 is 5.91. The molecule has 3 aliphatic rings. The number of aromatic carboxylic acids is 1. The minimum absolute atomic E-state index is 0.0141. The Kier molecular flexibility index (Phi) is 7.36. The van der Waals surface area contributed by atoms with Gasteiger partial charge >= 0.3 is 5.97 Å². The number of para-hydroxylation sites is 1. The van der Waals surface area contributed by atoms with Crippen LogP contribution in [0.1, 0.15) is 64.3 Å². The molecule has 0 aliphatic carbocycles. The van der Waals surface area contributed by atoms with Crippen molar-refractivity contribution in [3.05, 3.63) is 93.4 Å². The number of carboxylic acid groups (broad SMARTS) is 1. The number of benzene rings is 2. The molecular weight excluding hydrogens is 578 g/mol. The number of carboxylic acids is 1. The Balaban J connectivity index is 1.09. The minimum atomic E-state index is -1.17. The number of carbonyl (C=O) groups is 1. The second-order valence-corrected chi connectivity index (χ2v) is 11.7. The largest absolute Gasteiger partial charge is 0.478 e. The molecule has 4 aromatic rings. The highest BCUT2D eigenvalue weighted by atomic mass is 35.5. The zero-order valence-corrected chi connectivity index (χ0v) is 23.9. The fourth-order valence-electron chi connectivity index (χ4n) is 6.18. The van der Waals surface area contributed by atoms with Crippen molar-refractivity contribution in [2.75, 3.05) is 19.7 Å². The van der Waals surface area contributed by atoms with Crippen LogP contribution in [0.2, 0.25) is 5.02 Å². The van der Waals surface area contributed by atoms with E-state index in [1.54, 1.807) is 6.07 Å². The molecule has 5 heterocycles. The zero-order valence-electron chi connectivity index (χ0n) is 23.2. The summed E-state index contributed by atoms with van der Waals surface area (Å²) in [6, 6.07) is 13.1. The molecule has 1 N–H and O–H groups in total. The van der Waals surface area contributed by atoms with Gasteiger partial charge in [0, 0.05) is 22.8 Å². The van der Waals surface area contributed by atoms with Crippen LogP contribution in [0.15, 0.2) is 54.4 Å². The van der Waals surface area contributed by atoms with Crippen LogP contribution >= 0.6 is 11.6 Å². The number of aromatic nitrogens is 3. The molecule has 222 valence electrons. The highest BCUT2D eigenvalue weighted by molar-refractivity contribution is 6.30. The van der Waals surface area contributed by atoms with Gasteiger partial charge in [0.25, 0.3) is 0 Å². The van der Waals surface area contributed by atoms with E-state index in [2.05, 4.69) is 9.88 Å². The van der Waals surface area contributed by atoms with Crippen LogP contribution < -0.4 is 4.74 Å². The molecule has 7 rings (SSSR count). The summed E-state index contributed by atoms with van der Waals surface area (Å²) in [7, 11) is 0. The smallest absolute Gasteiger partial charge is 0.354 e. The lowest BCUT2D eigenvalue weighted by Gasteiger charge is -2.34. The molecule has 0 saturated carbocycles. The van der Waals surface area contributed by atoms with Gasteiger partial charge in [-0.2, -0.15) is 0 Å². The van der Waals surface area contributed by atoms with Crippen LogP contribution in [0, 0.1) is 5.82 Å². The van der Waals surface area contributed by atoms with E-state index in [1.807, 2.05) is 22.8 Å². The Hall–Kier alpha value is -3.86. The van der Waals surface area contributed by atoms with Crippen molar-refractivity contribution in [3.8, 4) is 5.75 Å². The quantitative estimate of drug-likeness (QED) is 0.256. The van der Waals surface area contributed by atoms with Crippen LogP contribution in [0.3, 0.4) is 0 Å². The van der Waals surface area contributed by atoms with Crippen molar-refractivity contribution < 1.29 is 28.2 Å². The van der Waals surface area contributed by atoms with Crippen molar-refractivity contribution in [3.63, 3.8) is 0 Å². The maximum Gasteiger partial charge on any atom is 0.354 e. The van der Waals surface area contributed by atoms with Gasteiger partial charge in [-0.1, -0.05) is 35.9 Å². The van der Waals surface area contributed by atoms with Gasteiger partial charge in [-0.05, 0) is 74.2 Å². The number of pyridine rings is 1. The summed E-state index contributed by atoms with van der Waals surface area (Å²) in [6.07, 6.45) is 2.95. The third kappa shape index (κ3) is 5.39. The lowest BCUT2D eigenvalue weighted by Crippen LogP contribution is -2.35. The first-order chi connectivity index (χ1) is 20.8. The monoisotopic (exact) mass is 606 g/mol. The predicted molar refractivity (Wildman–Crippen MR) is 156 cm³/mol. The number of fused-ring (bicyclic) bond motifs is 2. The average molecular weight is 607 g/mol. The van der Waals surface area contributed by atoms with E-state index in [1.165, 1.54) is 30.3 Å². The molecular formula is C32H29ClF2N4O4. The number of imidazole rings is 1. The molecule has 2 saturated heterocycles. The lowest BCUT2D eigenvalue weighted by molar-refractivity contribution is -0.0593. The first-order valence-electron chi connectivity index (χ1n) is 14.4. The van der Waals surface area contributed by atoms with Crippen LogP contribution in [0.5, 0.6) is 5.75 Å². The van der Waals surface area contributed by atoms with E-state index < -0.39 is 23.7 Å². The first kappa shape index (κ1) is 27.9. The van der Waals surface area contributed by atoms with Gasteiger partial charge in [0.05, 0.1) is 19.2 Å². The Morgan fingerprint density at radius 2 is 1.86 bits per heavy atom. The highest BCUT2D eigenvalue weighted by Gasteiger charge is 2.32. The SMILES string of the molecule is O=C(O)c1ccc2nc(CN3CCC(c4cccc5c4OC(c4ccc(Cl)cc4F)C(F)=C5)CC3)n(CC3CCO3)c2n1. The third-order valence-corrected chi connectivity index (χ3v) is 8.80. The molecule has 2 aromatic heterocycles. The first-order valence-corrected chi connectivity index (χ1v) is 14.8. The highest BCUT2D eigenvalue weighted by Crippen LogP contribution is 2.45. The van der Waals surface area contributed by atoms with Gasteiger partial charge in [-0.25, -0.2) is 23.5 Å². The summed E-state index contributed by atoms with van der Waals surface area (Å²) in [4.78, 5) is 23.1. The van der Waals surface area contributed by atoms with Crippen molar-refractivity contribution in [1.82, 2.24) is 19.4 Å². The summed E-state index contributed by atoms with van der Waals surface area (Å²) < 4.78 is 43.6. The van der Waals surface area contributed by atoms with Gasteiger partial charge in [-0.3, -0.25) is 4.90 Å². The Morgan fingerprint density at radius 3 is 2.58 bits per heavy atom. The average Bonchev–Trinajstić information content (AvgIpc) is 3.30. The number of piperidine rings is 1. The number of hydrogen-bond acceptors (Lipinski definition) is 6. The number of halogens is 3. The lowest BCUT2D eigenvalue weighted by atomic mass is 9.87. The third-order valence-electron chi connectivity index (χ3n) is 8.56. The molecule has 0 radical (unpaired) electrons. The number of nitrogens with zero attached hydrogens (tertiary/aromatic N) is 4. The molecule has 8 nitrogen and oxygen atoms in total. The molecule has 0 amide bonds. The van der Waals surface area contributed by atoms with Gasteiger partial charge in [-0.15, -0.1) is 0 Å². The fraction of sp³-hybridized carbons (Fsp3) is 0.344. The fourth-order valence-corrected chi connectivity index (χ4v) is 6.34. The molecule has 2 fully saturated rings. The standard InChI is InChI=1S/C32H29ClF2N4O4/c33-20-4-5-23(24(34)15-20)30-25(35)14-19-2-1-3-22(29(19)43-30)18-8-11-38(12-9-18)17-28-36-26-6-7-27(32(40)41)37-31(26)39(28)16-21-10-13-42-21/h1-7,14-15,18,21,30H,8-13,16-17H2,(H,40,41). The molecule has 0 bridgehead atoms. The number of hydrogen-bond donors (Lipinski definition) is 1. The van der Waals surface area contributed by atoms with Crippen LogP contribution in [-0.4, -0.2) is 56.3 Å². The zero-order chi connectivity index (χ0) is 29.7. The molecule has 3 aliphatic heterocycles.